The number of nitrogens with one attached hydrogen (secondary N) is 1. The van der Waals surface area contributed by atoms with E-state index < -0.39 is 211 Å². The molecule has 0 bridgehead atoms. The largest absolute Gasteiger partial charge is 0.394 e. The highest BCUT2D eigenvalue weighted by atomic mass is 16.8. The van der Waals surface area contributed by atoms with Crippen LogP contribution in [-0.2, 0) is 52.2 Å². The van der Waals surface area contributed by atoms with E-state index in [1.807, 2.05) is 0 Å². The average molecular weight is 1310 g/mol. The third-order valence-electron chi connectivity index (χ3n) is 17.9. The summed E-state index contributed by atoms with van der Waals surface area (Å²) in [5.74, 6) is -2.43. The van der Waals surface area contributed by atoms with Crippen LogP contribution < -0.4 is 5.32 Å². The van der Waals surface area contributed by atoms with E-state index in [0.29, 0.717) is 12.1 Å². The molecule has 28 atom stereocenters. The molecule has 6 heterocycles. The summed E-state index contributed by atoms with van der Waals surface area (Å²) in [5, 5.41) is 177. The molecule has 29 heteroatoms. The molecule has 0 radical (unpaired) electrons. The Bertz CT molecular complexity index is 2180. The van der Waals surface area contributed by atoms with Crippen LogP contribution in [0, 0.1) is 11.8 Å². The van der Waals surface area contributed by atoms with Crippen molar-refractivity contribution in [2.24, 2.45) is 11.8 Å². The van der Waals surface area contributed by atoms with Gasteiger partial charge in [0.25, 0.3) is 0 Å². The monoisotopic (exact) mass is 1310 g/mol. The van der Waals surface area contributed by atoms with Gasteiger partial charge in [0.15, 0.2) is 31.5 Å². The van der Waals surface area contributed by atoms with Gasteiger partial charge in [-0.25, -0.2) is 0 Å². The summed E-state index contributed by atoms with van der Waals surface area (Å²) in [4.78, 5) is 17.7. The minimum absolute atomic E-state index is 0.155. The molecule has 5 fully saturated rings. The topological polar surface area (TPSA) is 458 Å². The number of amides is 1. The third-order valence-corrected chi connectivity index (χ3v) is 17.9. The van der Waals surface area contributed by atoms with Crippen LogP contribution in [0.3, 0.4) is 0 Å². The fraction of sp³-hybridized carbons (Fsp3) is 0.871. The lowest BCUT2D eigenvalue weighted by Gasteiger charge is -2.51. The Morgan fingerprint density at radius 2 is 1.10 bits per heavy atom. The van der Waals surface area contributed by atoms with Crippen LogP contribution in [0.1, 0.15) is 136 Å². The molecule has 1 aromatic rings. The minimum Gasteiger partial charge on any atom is -0.394 e. The summed E-state index contributed by atoms with van der Waals surface area (Å²) in [5.41, 5.74) is 0.509. The number of aliphatic hydroxyl groups is 16. The molecule has 0 aliphatic carbocycles. The average Bonchev–Trinajstić information content (AvgIpc) is 0.849. The van der Waals surface area contributed by atoms with Crippen LogP contribution in [-0.4, -0.2) is 292 Å². The summed E-state index contributed by atoms with van der Waals surface area (Å²) in [6.07, 6.45) is -21.1. The van der Waals surface area contributed by atoms with E-state index in [9.17, 15) is 86.5 Å². The van der Waals surface area contributed by atoms with Crippen molar-refractivity contribution < 1.29 is 134 Å². The van der Waals surface area contributed by atoms with Crippen molar-refractivity contribution in [3.05, 3.63) is 36.2 Å². The van der Waals surface area contributed by atoms with Crippen molar-refractivity contribution in [3.63, 3.8) is 0 Å². The molecule has 1 aromatic heterocycles. The van der Waals surface area contributed by atoms with E-state index in [1.165, 1.54) is 84.1 Å². The molecule has 5 aliphatic heterocycles. The summed E-state index contributed by atoms with van der Waals surface area (Å²) < 4.78 is 60.4. The number of aliphatic hydroxyl groups excluding tert-OH is 16. The maximum absolute atomic E-state index is 13.4. The second kappa shape index (κ2) is 39.5. The highest BCUT2D eigenvalue weighted by Crippen LogP contribution is 2.39. The zero-order chi connectivity index (χ0) is 66.3. The van der Waals surface area contributed by atoms with Crippen molar-refractivity contribution in [3.8, 4) is 0 Å². The Balaban J connectivity index is 1.14. The molecule has 10 unspecified atom stereocenters. The second-order valence-corrected chi connectivity index (χ2v) is 24.8. The summed E-state index contributed by atoms with van der Waals surface area (Å²) in [7, 11) is 0. The molecule has 5 saturated heterocycles. The smallest absolute Gasteiger partial charge is 0.220 e. The van der Waals surface area contributed by atoms with Crippen LogP contribution >= 0.6 is 0 Å². The molecular weight excluding hydrogens is 1200 g/mol. The Hall–Kier alpha value is -2.68. The van der Waals surface area contributed by atoms with Crippen LogP contribution in [0.25, 0.3) is 6.08 Å². The normalized spacial score (nSPS) is 37.9. The molecule has 29 nitrogen and oxygen atoms in total. The van der Waals surface area contributed by atoms with E-state index in [4.69, 9.17) is 47.4 Å². The number of hydrogen-bond donors (Lipinski definition) is 17. The standard InChI is InChI=1S/C62H106N2O27/c1-4-5-6-7-8-9-10-11-12-13-14-15-16-17-18-22-44(73)64-36(37(70)24-23-35-21-19-20-25-63-35)32-82-60-52(80)50(78)56(42(30-68)85-60)90-62-53(81)58(88-45-26-38(71)33(2)54(87-45)46(74)39(72)27-65)57(43(31-69)86-62)91-59-34(3)55(48(76)41(29-67)83-59)89-61-51(79)49(77)47(75)40(28-66)84-61/h19-21,23-25,33-34,36-43,45-62,65-72,74-81H,4-18,22,26-32H2,1-3H3,(H,64,73)/b24-23-/t33-,34?,36+,37-,38-,39-,40?,41?,42?,43?,45?,46-,47+,48+,49+,50-,51?,52?,53?,54?,55-,56-,57+,58-,59+,60-,61+,62+/m1/s1. The molecule has 1 amide bonds. The number of carbonyl (C=O) groups excluding carboxylic acids is 1. The summed E-state index contributed by atoms with van der Waals surface area (Å²) in [6, 6.07) is 4.04. The molecular formula is C62H106N2O27. The first kappa shape index (κ1) is 77.3. The maximum Gasteiger partial charge on any atom is 0.220 e. The molecule has 5 aliphatic rings. The van der Waals surface area contributed by atoms with Gasteiger partial charge in [0.2, 0.25) is 5.91 Å². The van der Waals surface area contributed by atoms with Crippen molar-refractivity contribution in [1.29, 1.82) is 0 Å². The van der Waals surface area contributed by atoms with E-state index >= 15 is 0 Å². The van der Waals surface area contributed by atoms with Crippen LogP contribution in [0.2, 0.25) is 0 Å². The molecule has 17 N–H and O–H groups in total. The Morgan fingerprint density at radius 1 is 0.571 bits per heavy atom. The minimum atomic E-state index is -2.12. The van der Waals surface area contributed by atoms with Crippen molar-refractivity contribution >= 4 is 12.0 Å². The van der Waals surface area contributed by atoms with Crippen LogP contribution in [0.4, 0.5) is 0 Å². The number of aromatic nitrogens is 1. The fourth-order valence-electron chi connectivity index (χ4n) is 12.2. The van der Waals surface area contributed by atoms with Gasteiger partial charge in [-0.05, 0) is 24.6 Å². The van der Waals surface area contributed by atoms with Gasteiger partial charge in [-0.3, -0.25) is 9.78 Å². The van der Waals surface area contributed by atoms with Gasteiger partial charge in [0.1, 0.15) is 97.7 Å². The van der Waals surface area contributed by atoms with E-state index in [-0.39, 0.29) is 18.7 Å². The lowest BCUT2D eigenvalue weighted by atomic mass is 9.87. The van der Waals surface area contributed by atoms with Gasteiger partial charge < -0.3 is 134 Å². The van der Waals surface area contributed by atoms with Gasteiger partial charge in [-0.2, -0.15) is 0 Å². The van der Waals surface area contributed by atoms with Gasteiger partial charge in [0.05, 0.1) is 75.8 Å². The maximum atomic E-state index is 13.4. The van der Waals surface area contributed by atoms with Crippen molar-refractivity contribution in [2.45, 2.75) is 289 Å². The third kappa shape index (κ3) is 21.9. The zero-order valence-corrected chi connectivity index (χ0v) is 52.5. The van der Waals surface area contributed by atoms with E-state index in [1.54, 1.807) is 30.5 Å². The van der Waals surface area contributed by atoms with Crippen molar-refractivity contribution in [1.82, 2.24) is 10.3 Å². The van der Waals surface area contributed by atoms with Gasteiger partial charge in [0, 0.05) is 30.9 Å². The number of nitrogens with zero attached hydrogens (tertiary/aromatic N) is 1. The number of ether oxygens (including phenoxy) is 10. The first-order valence-electron chi connectivity index (χ1n) is 32.6. The van der Waals surface area contributed by atoms with Gasteiger partial charge in [-0.1, -0.05) is 123 Å². The number of pyridine rings is 1. The predicted octanol–water partition coefficient (Wildman–Crippen LogP) is -2.38. The van der Waals surface area contributed by atoms with Crippen molar-refractivity contribution in [2.75, 3.05) is 39.6 Å². The Kier molecular flexibility index (Phi) is 33.6. The summed E-state index contributed by atoms with van der Waals surface area (Å²) in [6.45, 7) is 0.177. The van der Waals surface area contributed by atoms with Gasteiger partial charge in [-0.15, -0.1) is 0 Å². The first-order chi connectivity index (χ1) is 43.7. The molecule has 0 spiro atoms. The predicted molar refractivity (Wildman–Crippen MR) is 318 cm³/mol. The Morgan fingerprint density at radius 3 is 1.69 bits per heavy atom. The van der Waals surface area contributed by atoms with Crippen LogP contribution in [0.5, 0.6) is 0 Å². The van der Waals surface area contributed by atoms with E-state index in [0.717, 1.165) is 25.7 Å². The quantitative estimate of drug-likeness (QED) is 0.0307. The fourth-order valence-corrected chi connectivity index (χ4v) is 12.2. The zero-order valence-electron chi connectivity index (χ0n) is 52.5. The summed E-state index contributed by atoms with van der Waals surface area (Å²) >= 11 is 0. The second-order valence-electron chi connectivity index (χ2n) is 24.8. The number of hydrogen-bond acceptors (Lipinski definition) is 28. The molecule has 0 aromatic carbocycles. The molecule has 526 valence electrons. The molecule has 0 saturated carbocycles. The highest BCUT2D eigenvalue weighted by Gasteiger charge is 2.57. The lowest BCUT2D eigenvalue weighted by Crippen LogP contribution is -2.67. The lowest BCUT2D eigenvalue weighted by molar-refractivity contribution is -0.396. The number of unbranched alkanes of at least 4 members (excludes halogenated alkanes) is 14. The number of carbonyl (C=O) groups is 1. The molecule has 6 rings (SSSR count). The number of rotatable bonds is 38. The first-order valence-corrected chi connectivity index (χ1v) is 32.6. The molecule has 91 heavy (non-hydrogen) atoms. The van der Waals surface area contributed by atoms with Crippen LogP contribution in [0.15, 0.2) is 30.5 Å². The van der Waals surface area contributed by atoms with E-state index in [2.05, 4.69) is 17.2 Å². The van der Waals surface area contributed by atoms with Gasteiger partial charge >= 0.3 is 0 Å². The Labute approximate surface area is 531 Å². The SMILES string of the molecule is CCCCCCCCCCCCCCCCCC(=O)N[C@@H](CO[C@@H]1OC(CO)[C@@H](O[C@@H]2OC(CO)[C@H](O[C@@H]3OC(CO)[C@H](O)[C@H](O[C@@H]4OC(CO)[C@H](O)[C@H](O)C4O)C3C)[C@H](OC3C[C@@H](O)[C@@H](C)C([C@H](O)[C@H](O)CO)O3)C2O)[C@H](O)C1O)[C@H](O)/C=C\c1ccccn1. The highest BCUT2D eigenvalue weighted by molar-refractivity contribution is 5.76.